The lowest BCUT2D eigenvalue weighted by atomic mass is 10.2. The third-order valence-electron chi connectivity index (χ3n) is 2.78. The van der Waals surface area contributed by atoms with Gasteiger partial charge in [-0.05, 0) is 25.7 Å². The smallest absolute Gasteiger partial charge is 0.323 e. The first-order valence-corrected chi connectivity index (χ1v) is 5.32. The van der Waals surface area contributed by atoms with E-state index in [-0.39, 0.29) is 18.5 Å². The van der Waals surface area contributed by atoms with Gasteiger partial charge in [0, 0.05) is 12.6 Å². The monoisotopic (exact) mass is 213 g/mol. The minimum Gasteiger partial charge on any atom is -0.480 e. The number of carbonyl (C=O) groups is 2. The van der Waals surface area contributed by atoms with Crippen LogP contribution in [0.4, 0.5) is 0 Å². The maximum atomic E-state index is 11.9. The summed E-state index contributed by atoms with van der Waals surface area (Å²) < 4.78 is 5.27. The summed E-state index contributed by atoms with van der Waals surface area (Å²) >= 11 is 0. The summed E-state index contributed by atoms with van der Waals surface area (Å²) in [7, 11) is 0. The number of hydrogen-bond acceptors (Lipinski definition) is 3. The van der Waals surface area contributed by atoms with Crippen LogP contribution >= 0.6 is 0 Å². The molecule has 0 aromatic rings. The number of amides is 1. The van der Waals surface area contributed by atoms with E-state index in [9.17, 15) is 9.59 Å². The summed E-state index contributed by atoms with van der Waals surface area (Å²) in [6, 6.07) is 0.137. The quantitative estimate of drug-likeness (QED) is 0.726. The molecule has 1 N–H and O–H groups in total. The summed E-state index contributed by atoms with van der Waals surface area (Å²) in [6.07, 6.45) is 3.06. The Morgan fingerprint density at radius 3 is 2.53 bits per heavy atom. The van der Waals surface area contributed by atoms with Crippen LogP contribution in [0.15, 0.2) is 0 Å². The van der Waals surface area contributed by atoms with Crippen LogP contribution in [0.1, 0.15) is 25.7 Å². The van der Waals surface area contributed by atoms with E-state index >= 15 is 0 Å². The first-order chi connectivity index (χ1) is 7.18. The van der Waals surface area contributed by atoms with Crippen LogP contribution in [-0.2, 0) is 14.3 Å². The predicted molar refractivity (Wildman–Crippen MR) is 51.3 cm³/mol. The molecular formula is C10H15NO4. The average molecular weight is 213 g/mol. The van der Waals surface area contributed by atoms with Gasteiger partial charge < -0.3 is 14.7 Å². The molecule has 2 rings (SSSR count). The molecule has 0 aromatic heterocycles. The Kier molecular flexibility index (Phi) is 2.90. The molecule has 1 aliphatic carbocycles. The van der Waals surface area contributed by atoms with E-state index in [1.165, 1.54) is 4.90 Å². The van der Waals surface area contributed by atoms with Gasteiger partial charge in [0.1, 0.15) is 12.6 Å². The third-order valence-corrected chi connectivity index (χ3v) is 2.78. The second-order valence-corrected chi connectivity index (χ2v) is 4.09. The van der Waals surface area contributed by atoms with Crippen molar-refractivity contribution in [2.24, 2.45) is 0 Å². The second kappa shape index (κ2) is 4.18. The number of nitrogens with zero attached hydrogens (tertiary/aromatic N) is 1. The van der Waals surface area contributed by atoms with E-state index < -0.39 is 12.1 Å². The van der Waals surface area contributed by atoms with Crippen LogP contribution in [0.5, 0.6) is 0 Å². The molecule has 15 heavy (non-hydrogen) atoms. The molecular weight excluding hydrogens is 198 g/mol. The fourth-order valence-electron chi connectivity index (χ4n) is 1.88. The highest BCUT2D eigenvalue weighted by Crippen LogP contribution is 2.28. The van der Waals surface area contributed by atoms with Gasteiger partial charge in [-0.3, -0.25) is 9.59 Å². The summed E-state index contributed by atoms with van der Waals surface area (Å²) in [5, 5.41) is 8.72. The molecule has 1 saturated heterocycles. The molecule has 1 atom stereocenters. The van der Waals surface area contributed by atoms with Gasteiger partial charge in [-0.2, -0.15) is 0 Å². The van der Waals surface area contributed by atoms with Crippen molar-refractivity contribution in [3.8, 4) is 0 Å². The van der Waals surface area contributed by atoms with Crippen molar-refractivity contribution in [2.75, 3.05) is 13.2 Å². The zero-order valence-corrected chi connectivity index (χ0v) is 8.52. The highest BCUT2D eigenvalue weighted by molar-refractivity contribution is 5.85. The van der Waals surface area contributed by atoms with Gasteiger partial charge in [0.25, 0.3) is 5.91 Å². The molecule has 0 spiro atoms. The first kappa shape index (κ1) is 10.4. The molecule has 0 aromatic carbocycles. The van der Waals surface area contributed by atoms with Crippen molar-refractivity contribution in [1.29, 1.82) is 0 Å². The van der Waals surface area contributed by atoms with Gasteiger partial charge in [0.15, 0.2) is 0 Å². The first-order valence-electron chi connectivity index (χ1n) is 5.32. The number of ether oxygens (including phenoxy) is 1. The van der Waals surface area contributed by atoms with Gasteiger partial charge in [0.2, 0.25) is 0 Å². The van der Waals surface area contributed by atoms with Crippen LogP contribution in [0.2, 0.25) is 0 Å². The number of aliphatic carboxylic acids is 1. The average Bonchev–Trinajstić information content (AvgIpc) is 2.88. The number of hydrogen-bond donors (Lipinski definition) is 1. The summed E-state index contributed by atoms with van der Waals surface area (Å²) in [4.78, 5) is 24.0. The molecule has 5 nitrogen and oxygen atoms in total. The largest absolute Gasteiger partial charge is 0.480 e. The van der Waals surface area contributed by atoms with E-state index in [1.54, 1.807) is 0 Å². The highest BCUT2D eigenvalue weighted by atomic mass is 16.5. The van der Waals surface area contributed by atoms with E-state index in [0.29, 0.717) is 6.61 Å². The van der Waals surface area contributed by atoms with Gasteiger partial charge in [-0.25, -0.2) is 0 Å². The predicted octanol–water partition coefficient (Wildman–Crippen LogP) is 0.241. The lowest BCUT2D eigenvalue weighted by Gasteiger charge is -2.23. The Hall–Kier alpha value is -1.10. The van der Waals surface area contributed by atoms with Crippen molar-refractivity contribution in [3.05, 3.63) is 0 Å². The molecule has 0 radical (unpaired) electrons. The van der Waals surface area contributed by atoms with E-state index in [1.807, 2.05) is 0 Å². The second-order valence-electron chi connectivity index (χ2n) is 4.09. The molecule has 84 valence electrons. The zero-order valence-electron chi connectivity index (χ0n) is 8.52. The number of rotatable bonds is 4. The van der Waals surface area contributed by atoms with Crippen LogP contribution in [0.3, 0.4) is 0 Å². The zero-order chi connectivity index (χ0) is 10.8. The van der Waals surface area contributed by atoms with Crippen molar-refractivity contribution in [1.82, 2.24) is 4.90 Å². The summed E-state index contributed by atoms with van der Waals surface area (Å²) in [6.45, 7) is 0.422. The Balaban J connectivity index is 1.96. The molecule has 1 saturated carbocycles. The minimum absolute atomic E-state index is 0.137. The number of carbonyl (C=O) groups excluding carboxylic acids is 1. The van der Waals surface area contributed by atoms with Crippen molar-refractivity contribution >= 4 is 11.9 Å². The lowest BCUT2D eigenvalue weighted by molar-refractivity contribution is -0.149. The van der Waals surface area contributed by atoms with Crippen LogP contribution < -0.4 is 0 Å². The summed E-state index contributed by atoms with van der Waals surface area (Å²) in [5.41, 5.74) is 0. The maximum Gasteiger partial charge on any atom is 0.323 e. The van der Waals surface area contributed by atoms with Crippen molar-refractivity contribution in [3.63, 3.8) is 0 Å². The number of carboxylic acids is 1. The molecule has 2 fully saturated rings. The van der Waals surface area contributed by atoms with Gasteiger partial charge >= 0.3 is 5.97 Å². The molecule has 2 aliphatic rings. The highest BCUT2D eigenvalue weighted by Gasteiger charge is 2.38. The van der Waals surface area contributed by atoms with Crippen LogP contribution in [-0.4, -0.2) is 47.2 Å². The van der Waals surface area contributed by atoms with Gasteiger partial charge in [0.05, 0.1) is 0 Å². The third kappa shape index (κ3) is 2.47. The van der Waals surface area contributed by atoms with Crippen molar-refractivity contribution in [2.45, 2.75) is 37.8 Å². The molecule has 0 bridgehead atoms. The Morgan fingerprint density at radius 1 is 1.33 bits per heavy atom. The molecule has 1 amide bonds. The molecule has 1 heterocycles. The Labute approximate surface area is 88.0 Å². The fourth-order valence-corrected chi connectivity index (χ4v) is 1.88. The fraction of sp³-hybridized carbons (Fsp3) is 0.800. The van der Waals surface area contributed by atoms with E-state index in [4.69, 9.17) is 9.84 Å². The van der Waals surface area contributed by atoms with Gasteiger partial charge in [-0.1, -0.05) is 0 Å². The summed E-state index contributed by atoms with van der Waals surface area (Å²) in [5.74, 6) is -1.09. The van der Waals surface area contributed by atoms with Crippen LogP contribution in [0.25, 0.3) is 0 Å². The number of carboxylic acid groups (broad SMARTS) is 1. The van der Waals surface area contributed by atoms with Gasteiger partial charge in [-0.15, -0.1) is 0 Å². The SMILES string of the molecule is O=C(O)CN(C(=O)C1CCCO1)C1CC1. The lowest BCUT2D eigenvalue weighted by Crippen LogP contribution is -2.43. The Bertz CT molecular complexity index is 269. The topological polar surface area (TPSA) is 66.8 Å². The van der Waals surface area contributed by atoms with Crippen LogP contribution in [0, 0.1) is 0 Å². The minimum atomic E-state index is -0.951. The molecule has 5 heteroatoms. The molecule has 1 unspecified atom stereocenters. The standard InChI is InChI=1S/C10H15NO4/c12-9(13)6-11(7-3-4-7)10(14)8-2-1-5-15-8/h7-8H,1-6H2,(H,12,13). The molecule has 1 aliphatic heterocycles. The normalized spacial score (nSPS) is 25.2. The van der Waals surface area contributed by atoms with Crippen molar-refractivity contribution < 1.29 is 19.4 Å². The van der Waals surface area contributed by atoms with E-state index in [2.05, 4.69) is 0 Å². The Morgan fingerprint density at radius 2 is 2.07 bits per heavy atom. The van der Waals surface area contributed by atoms with E-state index in [0.717, 1.165) is 25.7 Å². The maximum absolute atomic E-state index is 11.9.